The molecule has 0 spiro atoms. The normalized spacial score (nSPS) is 24.5. The molecule has 5 atom stereocenters. The molecule has 2 aliphatic heterocycles. The van der Waals surface area contributed by atoms with Gasteiger partial charge < -0.3 is 14.8 Å². The Hall–Kier alpha value is -4.50. The number of nitrogens with one attached hydrogen (secondary N) is 1. The number of hydrogen-bond donors (Lipinski definition) is 1. The Balaban J connectivity index is 1.68. The predicted molar refractivity (Wildman–Crippen MR) is 136 cm³/mol. The van der Waals surface area contributed by atoms with Crippen molar-refractivity contribution < 1.29 is 28.7 Å². The molecular formula is C29H27N3O6. The lowest BCUT2D eigenvalue weighted by molar-refractivity contribution is -0.161. The lowest BCUT2D eigenvalue weighted by Crippen LogP contribution is -2.50. The second-order valence-electron chi connectivity index (χ2n) is 9.11. The number of benzene rings is 3. The first kappa shape index (κ1) is 25.2. The van der Waals surface area contributed by atoms with Crippen molar-refractivity contribution in [3.8, 4) is 0 Å². The van der Waals surface area contributed by atoms with Gasteiger partial charge in [-0.3, -0.25) is 19.4 Å². The number of nitrogens with zero attached hydrogens (tertiary/aromatic N) is 2. The summed E-state index contributed by atoms with van der Waals surface area (Å²) in [6, 6.07) is 23.2. The lowest BCUT2D eigenvalue weighted by atomic mass is 9.86. The number of carbonyl (C=O) groups is 4. The first-order valence-corrected chi connectivity index (χ1v) is 12.2. The predicted octanol–water partition coefficient (Wildman–Crippen LogP) is 2.67. The van der Waals surface area contributed by atoms with E-state index in [1.807, 2.05) is 60.7 Å². The van der Waals surface area contributed by atoms with E-state index in [-0.39, 0.29) is 0 Å². The van der Waals surface area contributed by atoms with E-state index in [4.69, 9.17) is 9.47 Å². The van der Waals surface area contributed by atoms with Crippen molar-refractivity contribution in [3.63, 3.8) is 0 Å². The van der Waals surface area contributed by atoms with Gasteiger partial charge in [0.1, 0.15) is 12.0 Å². The summed E-state index contributed by atoms with van der Waals surface area (Å²) in [6.07, 6.45) is 0. The average molecular weight is 514 g/mol. The topological polar surface area (TPSA) is 105 Å². The van der Waals surface area contributed by atoms with Crippen LogP contribution in [0.25, 0.3) is 0 Å². The molecule has 9 heteroatoms. The third kappa shape index (κ3) is 4.20. The minimum atomic E-state index is -1.28. The summed E-state index contributed by atoms with van der Waals surface area (Å²) in [5, 5.41) is 5.89. The highest BCUT2D eigenvalue weighted by atomic mass is 16.5. The van der Waals surface area contributed by atoms with Gasteiger partial charge in [-0.25, -0.2) is 4.79 Å². The van der Waals surface area contributed by atoms with Gasteiger partial charge in [-0.1, -0.05) is 78.9 Å². The van der Waals surface area contributed by atoms with Crippen LogP contribution in [0, 0.1) is 5.92 Å². The van der Waals surface area contributed by atoms with Crippen LogP contribution in [0.2, 0.25) is 0 Å². The minimum Gasteiger partial charge on any atom is -0.469 e. The van der Waals surface area contributed by atoms with Crippen LogP contribution in [0.4, 0.5) is 0 Å². The molecule has 9 nitrogen and oxygen atoms in total. The van der Waals surface area contributed by atoms with E-state index in [1.165, 1.54) is 19.2 Å². The van der Waals surface area contributed by atoms with E-state index in [1.54, 1.807) is 35.3 Å². The average Bonchev–Trinajstić information content (AvgIpc) is 3.45. The Morgan fingerprint density at radius 2 is 1.21 bits per heavy atom. The monoisotopic (exact) mass is 513 g/mol. The summed E-state index contributed by atoms with van der Waals surface area (Å²) in [5.74, 6) is -3.41. The number of ether oxygens (including phenoxy) is 2. The molecule has 2 heterocycles. The molecule has 0 radical (unpaired) electrons. The number of esters is 2. The molecule has 0 aromatic heterocycles. The van der Waals surface area contributed by atoms with Gasteiger partial charge in [-0.05, 0) is 23.3 Å². The van der Waals surface area contributed by atoms with Gasteiger partial charge in [0, 0.05) is 5.56 Å². The molecule has 3 aromatic carbocycles. The van der Waals surface area contributed by atoms with Crippen LogP contribution in [-0.4, -0.2) is 60.1 Å². The van der Waals surface area contributed by atoms with Crippen LogP contribution < -0.4 is 5.32 Å². The number of hydrogen-bond acceptors (Lipinski definition) is 7. The van der Waals surface area contributed by atoms with Crippen LogP contribution in [0.1, 0.15) is 33.6 Å². The van der Waals surface area contributed by atoms with Crippen molar-refractivity contribution in [1.29, 1.82) is 0 Å². The maximum absolute atomic E-state index is 14.1. The zero-order valence-corrected chi connectivity index (χ0v) is 20.9. The molecule has 2 fully saturated rings. The third-order valence-electron chi connectivity index (χ3n) is 7.09. The largest absolute Gasteiger partial charge is 0.469 e. The molecular weight excluding hydrogens is 486 g/mol. The molecule has 2 saturated heterocycles. The maximum atomic E-state index is 14.1. The maximum Gasteiger partial charge on any atom is 0.331 e. The number of carbonyl (C=O) groups excluding carboxylic acids is 4. The Labute approximate surface area is 219 Å². The quantitative estimate of drug-likeness (QED) is 0.506. The lowest BCUT2D eigenvalue weighted by Gasteiger charge is -2.33. The molecule has 1 N–H and O–H groups in total. The van der Waals surface area contributed by atoms with Crippen molar-refractivity contribution in [2.75, 3.05) is 14.2 Å². The van der Waals surface area contributed by atoms with Gasteiger partial charge in [0.15, 0.2) is 6.04 Å². The van der Waals surface area contributed by atoms with Crippen molar-refractivity contribution in [2.24, 2.45) is 5.92 Å². The van der Waals surface area contributed by atoms with Gasteiger partial charge in [-0.2, -0.15) is 5.01 Å². The van der Waals surface area contributed by atoms with Crippen LogP contribution in [0.3, 0.4) is 0 Å². The summed E-state index contributed by atoms with van der Waals surface area (Å²) in [6.45, 7) is 0. The first-order chi connectivity index (χ1) is 18.5. The fourth-order valence-corrected chi connectivity index (χ4v) is 5.48. The smallest absolute Gasteiger partial charge is 0.331 e. The van der Waals surface area contributed by atoms with Crippen molar-refractivity contribution in [3.05, 3.63) is 108 Å². The molecule has 38 heavy (non-hydrogen) atoms. The van der Waals surface area contributed by atoms with Crippen LogP contribution >= 0.6 is 0 Å². The van der Waals surface area contributed by atoms with E-state index in [9.17, 15) is 19.2 Å². The van der Waals surface area contributed by atoms with Crippen molar-refractivity contribution in [2.45, 2.75) is 24.2 Å². The fourth-order valence-electron chi connectivity index (χ4n) is 5.48. The Bertz CT molecular complexity index is 1330. The highest BCUT2D eigenvalue weighted by Crippen LogP contribution is 2.51. The number of hydrazine groups is 1. The second-order valence-corrected chi connectivity index (χ2v) is 9.11. The first-order valence-electron chi connectivity index (χ1n) is 12.2. The van der Waals surface area contributed by atoms with Gasteiger partial charge in [0.25, 0.3) is 11.8 Å². The fraction of sp³-hybridized carbons (Fsp3) is 0.241. The van der Waals surface area contributed by atoms with Crippen molar-refractivity contribution >= 4 is 23.8 Å². The minimum absolute atomic E-state index is 0.394. The summed E-state index contributed by atoms with van der Waals surface area (Å²) >= 11 is 0. The zero-order valence-electron chi connectivity index (χ0n) is 20.9. The molecule has 0 saturated carbocycles. The number of fused-ring (bicyclic) bond motifs is 1. The van der Waals surface area contributed by atoms with Gasteiger partial charge in [-0.15, -0.1) is 0 Å². The second kappa shape index (κ2) is 10.5. The molecule has 0 unspecified atom stereocenters. The summed E-state index contributed by atoms with van der Waals surface area (Å²) < 4.78 is 10.2. The standard InChI is InChI=1S/C29H27N3O6/c1-37-28(35)21-23(18-12-6-3-7-13-18)31-24(19-14-8-4-9-15-19)22(27(34)32(31)25(21)29(36)38-2)30-26(33)20-16-10-5-11-17-20/h3-17,21-25H,1-2H3,(H,30,33)/t21-,22+,23-,24+,25+/m1/s1. The van der Waals surface area contributed by atoms with Crippen molar-refractivity contribution in [1.82, 2.24) is 15.3 Å². The van der Waals surface area contributed by atoms with Gasteiger partial charge in [0.05, 0.1) is 26.3 Å². The third-order valence-corrected chi connectivity index (χ3v) is 7.09. The molecule has 0 aliphatic carbocycles. The molecule has 5 rings (SSSR count). The summed E-state index contributed by atoms with van der Waals surface area (Å²) in [5.41, 5.74) is 1.84. The summed E-state index contributed by atoms with van der Waals surface area (Å²) in [7, 11) is 2.46. The number of methoxy groups -OCH3 is 2. The van der Waals surface area contributed by atoms with E-state index in [0.717, 1.165) is 5.56 Å². The van der Waals surface area contributed by atoms with E-state index < -0.39 is 53.8 Å². The molecule has 194 valence electrons. The molecule has 2 amide bonds. The van der Waals surface area contributed by atoms with Crippen LogP contribution in [0.5, 0.6) is 0 Å². The van der Waals surface area contributed by atoms with Gasteiger partial charge >= 0.3 is 11.9 Å². The molecule has 3 aromatic rings. The van der Waals surface area contributed by atoms with Crippen LogP contribution in [-0.2, 0) is 23.9 Å². The van der Waals surface area contributed by atoms with Gasteiger partial charge in [0.2, 0.25) is 0 Å². The number of rotatable bonds is 6. The molecule has 0 bridgehead atoms. The van der Waals surface area contributed by atoms with E-state index in [0.29, 0.717) is 11.1 Å². The Kier molecular flexibility index (Phi) is 6.93. The molecule has 2 aliphatic rings. The zero-order chi connectivity index (χ0) is 26.8. The summed E-state index contributed by atoms with van der Waals surface area (Å²) in [4.78, 5) is 53.7. The Morgan fingerprint density at radius 3 is 1.74 bits per heavy atom. The highest BCUT2D eigenvalue weighted by Gasteiger charge is 2.65. The highest BCUT2D eigenvalue weighted by molar-refractivity contribution is 6.00. The van der Waals surface area contributed by atoms with Crippen LogP contribution in [0.15, 0.2) is 91.0 Å². The SMILES string of the molecule is COC(=O)[C@H]1[C@@H](C(=O)OC)N2C(=O)[C@@H](NC(=O)c3ccccc3)[C@H](c3ccccc3)N2[C@@H]1c1ccccc1. The number of amides is 2. The van der Waals surface area contributed by atoms with E-state index >= 15 is 0 Å². The van der Waals surface area contributed by atoms with E-state index in [2.05, 4.69) is 5.32 Å². The Morgan fingerprint density at radius 1 is 0.711 bits per heavy atom.